The molecule has 6 nitrogen and oxygen atoms in total. The fraction of sp³-hybridized carbons (Fsp3) is 0.500. The minimum atomic E-state index is 0.596. The summed E-state index contributed by atoms with van der Waals surface area (Å²) in [6, 6.07) is 6.06. The van der Waals surface area contributed by atoms with Crippen molar-refractivity contribution in [2.45, 2.75) is 6.42 Å². The van der Waals surface area contributed by atoms with Crippen molar-refractivity contribution in [2.75, 3.05) is 51.2 Å². The maximum atomic E-state index is 5.78. The number of fused-ring (bicyclic) bond motifs is 1. The fourth-order valence-electron chi connectivity index (χ4n) is 1.97. The summed E-state index contributed by atoms with van der Waals surface area (Å²) in [5.74, 6) is 0. The van der Waals surface area contributed by atoms with Crippen molar-refractivity contribution in [3.05, 3.63) is 18.2 Å². The van der Waals surface area contributed by atoms with Gasteiger partial charge in [0.15, 0.2) is 5.58 Å². The van der Waals surface area contributed by atoms with Gasteiger partial charge in [-0.1, -0.05) is 0 Å². The van der Waals surface area contributed by atoms with Crippen LogP contribution in [0.2, 0.25) is 0 Å². The van der Waals surface area contributed by atoms with Gasteiger partial charge in [-0.05, 0) is 18.6 Å². The Bertz CT molecular complexity index is 541. The standard InChI is InChI=1S/C14H21N3O3/c1-18-8-3-6-17(7-9-19-2)14-16-12-5-4-11(15)10-13(12)20-14/h4-5,10H,3,6-9,15H2,1-2H3. The first-order chi connectivity index (χ1) is 9.74. The molecule has 1 heterocycles. The van der Waals surface area contributed by atoms with Crippen LogP contribution in [0.1, 0.15) is 6.42 Å². The zero-order valence-corrected chi connectivity index (χ0v) is 12.0. The molecule has 0 aliphatic heterocycles. The average molecular weight is 279 g/mol. The van der Waals surface area contributed by atoms with Crippen LogP contribution in [0.4, 0.5) is 11.7 Å². The van der Waals surface area contributed by atoms with Gasteiger partial charge in [-0.3, -0.25) is 0 Å². The molecule has 2 aromatic rings. The molecule has 0 fully saturated rings. The minimum Gasteiger partial charge on any atom is -0.423 e. The van der Waals surface area contributed by atoms with Crippen LogP contribution in [0.25, 0.3) is 11.1 Å². The summed E-state index contributed by atoms with van der Waals surface area (Å²) in [6.07, 6.45) is 0.904. The van der Waals surface area contributed by atoms with Crippen molar-refractivity contribution in [3.8, 4) is 0 Å². The molecule has 2 N–H and O–H groups in total. The molecule has 0 saturated carbocycles. The van der Waals surface area contributed by atoms with E-state index in [1.807, 2.05) is 12.1 Å². The van der Waals surface area contributed by atoms with Crippen molar-refractivity contribution in [1.29, 1.82) is 0 Å². The monoisotopic (exact) mass is 279 g/mol. The number of nitrogens with two attached hydrogens (primary N) is 1. The molecule has 110 valence electrons. The second kappa shape index (κ2) is 7.12. The van der Waals surface area contributed by atoms with Gasteiger partial charge in [0, 0.05) is 45.7 Å². The minimum absolute atomic E-state index is 0.596. The third kappa shape index (κ3) is 3.61. The first-order valence-corrected chi connectivity index (χ1v) is 6.63. The molecule has 0 saturated heterocycles. The molecule has 0 bridgehead atoms. The summed E-state index contributed by atoms with van der Waals surface area (Å²) in [7, 11) is 3.38. The third-order valence-corrected chi connectivity index (χ3v) is 3.01. The lowest BCUT2D eigenvalue weighted by atomic mass is 10.3. The number of nitrogens with zero attached hydrogens (tertiary/aromatic N) is 2. The molecule has 2 rings (SSSR count). The van der Waals surface area contributed by atoms with E-state index in [-0.39, 0.29) is 0 Å². The SMILES string of the molecule is COCCCN(CCOC)c1nc2ccc(N)cc2o1. The summed E-state index contributed by atoms with van der Waals surface area (Å²) in [4.78, 5) is 6.55. The van der Waals surface area contributed by atoms with Crippen molar-refractivity contribution < 1.29 is 13.9 Å². The maximum absolute atomic E-state index is 5.78. The summed E-state index contributed by atoms with van der Waals surface area (Å²) in [5.41, 5.74) is 7.93. The highest BCUT2D eigenvalue weighted by atomic mass is 16.5. The van der Waals surface area contributed by atoms with Gasteiger partial charge in [0.05, 0.1) is 6.61 Å². The highest BCUT2D eigenvalue weighted by Gasteiger charge is 2.13. The number of rotatable bonds is 8. The van der Waals surface area contributed by atoms with Crippen LogP contribution in [-0.2, 0) is 9.47 Å². The number of anilines is 2. The molecule has 0 aliphatic carbocycles. The van der Waals surface area contributed by atoms with Gasteiger partial charge in [0.1, 0.15) is 5.52 Å². The first-order valence-electron chi connectivity index (χ1n) is 6.63. The molecular weight excluding hydrogens is 258 g/mol. The Morgan fingerprint density at radius 3 is 2.75 bits per heavy atom. The Morgan fingerprint density at radius 2 is 2.00 bits per heavy atom. The van der Waals surface area contributed by atoms with E-state index >= 15 is 0 Å². The summed E-state index contributed by atoms with van der Waals surface area (Å²) >= 11 is 0. The second-order valence-electron chi connectivity index (χ2n) is 4.55. The number of hydrogen-bond acceptors (Lipinski definition) is 6. The normalized spacial score (nSPS) is 11.1. The number of ether oxygens (including phenoxy) is 2. The number of benzene rings is 1. The highest BCUT2D eigenvalue weighted by molar-refractivity contribution is 5.78. The molecule has 0 atom stereocenters. The van der Waals surface area contributed by atoms with E-state index < -0.39 is 0 Å². The summed E-state index contributed by atoms with van der Waals surface area (Å²) in [6.45, 7) is 2.85. The average Bonchev–Trinajstić information content (AvgIpc) is 2.85. The highest BCUT2D eigenvalue weighted by Crippen LogP contribution is 2.23. The summed E-state index contributed by atoms with van der Waals surface area (Å²) in [5, 5.41) is 0. The van der Waals surface area contributed by atoms with Crippen LogP contribution in [0.3, 0.4) is 0 Å². The number of aromatic nitrogens is 1. The van der Waals surface area contributed by atoms with Crippen LogP contribution in [0, 0.1) is 0 Å². The molecular formula is C14H21N3O3. The smallest absolute Gasteiger partial charge is 0.298 e. The van der Waals surface area contributed by atoms with Crippen molar-refractivity contribution in [3.63, 3.8) is 0 Å². The van der Waals surface area contributed by atoms with Crippen LogP contribution < -0.4 is 10.6 Å². The van der Waals surface area contributed by atoms with E-state index in [0.29, 0.717) is 30.5 Å². The molecule has 1 aromatic carbocycles. The quantitative estimate of drug-likeness (QED) is 0.587. The lowest BCUT2D eigenvalue weighted by Gasteiger charge is -2.19. The van der Waals surface area contributed by atoms with E-state index in [1.165, 1.54) is 0 Å². The fourth-order valence-corrected chi connectivity index (χ4v) is 1.97. The van der Waals surface area contributed by atoms with Crippen molar-refractivity contribution in [2.24, 2.45) is 0 Å². The molecule has 0 spiro atoms. The zero-order valence-electron chi connectivity index (χ0n) is 12.0. The van der Waals surface area contributed by atoms with E-state index in [1.54, 1.807) is 20.3 Å². The Balaban J connectivity index is 2.15. The van der Waals surface area contributed by atoms with Gasteiger partial charge < -0.3 is 24.5 Å². The van der Waals surface area contributed by atoms with Gasteiger partial charge in [-0.25, -0.2) is 0 Å². The van der Waals surface area contributed by atoms with Gasteiger partial charge >= 0.3 is 0 Å². The van der Waals surface area contributed by atoms with E-state index in [4.69, 9.17) is 19.6 Å². The van der Waals surface area contributed by atoms with Crippen LogP contribution >= 0.6 is 0 Å². The van der Waals surface area contributed by atoms with Crippen LogP contribution in [-0.4, -0.2) is 45.5 Å². The third-order valence-electron chi connectivity index (χ3n) is 3.01. The second-order valence-corrected chi connectivity index (χ2v) is 4.55. The number of methoxy groups -OCH3 is 2. The first kappa shape index (κ1) is 14.6. The van der Waals surface area contributed by atoms with Crippen molar-refractivity contribution >= 4 is 22.8 Å². The topological polar surface area (TPSA) is 73.8 Å². The molecule has 1 aromatic heterocycles. The lowest BCUT2D eigenvalue weighted by molar-refractivity contribution is 0.190. The predicted molar refractivity (Wildman–Crippen MR) is 79.0 cm³/mol. The van der Waals surface area contributed by atoms with Crippen LogP contribution in [0.5, 0.6) is 0 Å². The predicted octanol–water partition coefficient (Wildman–Crippen LogP) is 1.90. The Morgan fingerprint density at radius 1 is 1.20 bits per heavy atom. The van der Waals surface area contributed by atoms with E-state index in [9.17, 15) is 0 Å². The number of nitrogen functional groups attached to an aromatic ring is 1. The van der Waals surface area contributed by atoms with Gasteiger partial charge in [-0.2, -0.15) is 4.98 Å². The summed E-state index contributed by atoms with van der Waals surface area (Å²) < 4.78 is 16.0. The van der Waals surface area contributed by atoms with Gasteiger partial charge in [0.25, 0.3) is 6.01 Å². The van der Waals surface area contributed by atoms with E-state index in [0.717, 1.165) is 25.0 Å². The maximum Gasteiger partial charge on any atom is 0.298 e. The lowest BCUT2D eigenvalue weighted by Crippen LogP contribution is -2.29. The number of oxazole rings is 1. The van der Waals surface area contributed by atoms with Gasteiger partial charge in [0.2, 0.25) is 0 Å². The molecule has 0 unspecified atom stereocenters. The Kier molecular flexibility index (Phi) is 5.20. The Labute approximate surface area is 118 Å². The zero-order chi connectivity index (χ0) is 14.4. The largest absolute Gasteiger partial charge is 0.423 e. The molecule has 0 radical (unpaired) electrons. The molecule has 20 heavy (non-hydrogen) atoms. The van der Waals surface area contributed by atoms with Crippen molar-refractivity contribution in [1.82, 2.24) is 4.98 Å². The molecule has 0 amide bonds. The molecule has 6 heteroatoms. The molecule has 0 aliphatic rings. The van der Waals surface area contributed by atoms with Gasteiger partial charge in [-0.15, -0.1) is 0 Å². The van der Waals surface area contributed by atoms with Crippen LogP contribution in [0.15, 0.2) is 22.6 Å². The number of hydrogen-bond donors (Lipinski definition) is 1. The Hall–Kier alpha value is -1.79. The van der Waals surface area contributed by atoms with E-state index in [2.05, 4.69) is 9.88 Å².